The van der Waals surface area contributed by atoms with Gasteiger partial charge in [0.2, 0.25) is 11.1 Å². The first-order valence-electron chi connectivity index (χ1n) is 5.74. The van der Waals surface area contributed by atoms with E-state index in [-0.39, 0.29) is 16.9 Å². The Labute approximate surface area is 112 Å². The van der Waals surface area contributed by atoms with Gasteiger partial charge in [-0.15, -0.1) is 0 Å². The van der Waals surface area contributed by atoms with Crippen molar-refractivity contribution in [3.63, 3.8) is 0 Å². The van der Waals surface area contributed by atoms with E-state index in [1.165, 1.54) is 12.5 Å². The van der Waals surface area contributed by atoms with E-state index < -0.39 is 17.0 Å². The van der Waals surface area contributed by atoms with Crippen LogP contribution in [0.2, 0.25) is 0 Å². The fourth-order valence-electron chi connectivity index (χ4n) is 1.93. The molecule has 6 nitrogen and oxygen atoms in total. The average Bonchev–Trinajstić information content (AvgIpc) is 2.47. The Morgan fingerprint density at radius 3 is 2.65 bits per heavy atom. The van der Waals surface area contributed by atoms with E-state index in [1.807, 2.05) is 0 Å². The van der Waals surface area contributed by atoms with Gasteiger partial charge in [0.25, 0.3) is 0 Å². The minimum atomic E-state index is -1.34. The molecule has 0 atom stereocenters. The quantitative estimate of drug-likeness (QED) is 0.763. The topological polar surface area (TPSA) is 93.3 Å². The van der Waals surface area contributed by atoms with Gasteiger partial charge in [-0.2, -0.15) is 0 Å². The van der Waals surface area contributed by atoms with Gasteiger partial charge >= 0.3 is 5.97 Å². The Balaban J connectivity index is 2.45. The molecule has 0 amide bonds. The zero-order valence-corrected chi connectivity index (χ0v) is 10.1. The highest BCUT2D eigenvalue weighted by molar-refractivity contribution is 5.97. The first kappa shape index (κ1) is 12.0. The molecule has 2 aromatic heterocycles. The number of hydrogen-bond acceptors (Lipinski definition) is 5. The van der Waals surface area contributed by atoms with E-state index in [0.29, 0.717) is 5.56 Å². The first-order valence-corrected chi connectivity index (χ1v) is 5.74. The van der Waals surface area contributed by atoms with Crippen molar-refractivity contribution in [3.05, 3.63) is 58.6 Å². The van der Waals surface area contributed by atoms with Crippen molar-refractivity contribution < 1.29 is 14.3 Å². The lowest BCUT2D eigenvalue weighted by atomic mass is 10.1. The number of rotatable bonds is 2. The zero-order chi connectivity index (χ0) is 14.1. The van der Waals surface area contributed by atoms with Gasteiger partial charge < -0.3 is 9.52 Å². The maximum Gasteiger partial charge on any atom is 0.343 e. The number of benzene rings is 1. The second-order valence-corrected chi connectivity index (χ2v) is 4.05. The second kappa shape index (κ2) is 4.58. The van der Waals surface area contributed by atoms with E-state index in [4.69, 9.17) is 4.42 Å². The number of carbonyl (C=O) groups is 1. The third-order valence-electron chi connectivity index (χ3n) is 2.82. The Morgan fingerprint density at radius 2 is 1.95 bits per heavy atom. The highest BCUT2D eigenvalue weighted by Crippen LogP contribution is 2.24. The molecule has 0 spiro atoms. The van der Waals surface area contributed by atoms with Gasteiger partial charge in [-0.05, 0) is 0 Å². The number of aromatic carboxylic acids is 1. The van der Waals surface area contributed by atoms with Gasteiger partial charge in [0, 0.05) is 11.8 Å². The Morgan fingerprint density at radius 1 is 1.20 bits per heavy atom. The molecule has 20 heavy (non-hydrogen) atoms. The fourth-order valence-corrected chi connectivity index (χ4v) is 1.93. The molecule has 0 aliphatic heterocycles. The predicted octanol–water partition coefficient (Wildman–Crippen LogP) is 1.95. The van der Waals surface area contributed by atoms with Gasteiger partial charge in [-0.25, -0.2) is 14.8 Å². The highest BCUT2D eigenvalue weighted by Gasteiger charge is 2.22. The summed E-state index contributed by atoms with van der Waals surface area (Å²) in [5, 5.41) is 9.31. The van der Waals surface area contributed by atoms with Crippen LogP contribution >= 0.6 is 0 Å². The van der Waals surface area contributed by atoms with Crippen LogP contribution in [-0.2, 0) is 0 Å². The molecule has 0 aliphatic carbocycles. The minimum absolute atomic E-state index is 0.00528. The molecular formula is C14H8N2O4. The van der Waals surface area contributed by atoms with E-state index in [1.54, 1.807) is 30.3 Å². The molecule has 0 fully saturated rings. The van der Waals surface area contributed by atoms with Crippen molar-refractivity contribution in [2.75, 3.05) is 0 Å². The summed E-state index contributed by atoms with van der Waals surface area (Å²) in [4.78, 5) is 31.2. The molecule has 98 valence electrons. The summed E-state index contributed by atoms with van der Waals surface area (Å²) >= 11 is 0. The van der Waals surface area contributed by atoms with E-state index in [9.17, 15) is 14.7 Å². The van der Waals surface area contributed by atoms with Crippen LogP contribution in [-0.4, -0.2) is 21.0 Å². The van der Waals surface area contributed by atoms with Crippen molar-refractivity contribution >= 4 is 17.1 Å². The van der Waals surface area contributed by atoms with Crippen LogP contribution in [0, 0.1) is 0 Å². The van der Waals surface area contributed by atoms with Gasteiger partial charge in [0.15, 0.2) is 11.3 Å². The molecule has 0 unspecified atom stereocenters. The molecule has 0 radical (unpaired) electrons. The molecule has 0 saturated carbocycles. The summed E-state index contributed by atoms with van der Waals surface area (Å²) in [6.45, 7) is 0. The molecule has 0 aliphatic rings. The van der Waals surface area contributed by atoms with Crippen LogP contribution in [0.1, 0.15) is 10.4 Å². The van der Waals surface area contributed by atoms with Gasteiger partial charge in [0.1, 0.15) is 11.7 Å². The Hall–Kier alpha value is -3.02. The molecule has 0 bridgehead atoms. The molecule has 0 saturated heterocycles. The standard InChI is InChI=1S/C14H8N2O4/c17-11-9-6-15-7-16-13(9)20-12(10(11)14(18)19)8-4-2-1-3-5-8/h1-7H,(H,18,19). The summed E-state index contributed by atoms with van der Waals surface area (Å²) in [5.74, 6) is -1.35. The van der Waals surface area contributed by atoms with Crippen molar-refractivity contribution in [2.45, 2.75) is 0 Å². The van der Waals surface area contributed by atoms with Gasteiger partial charge in [-0.1, -0.05) is 30.3 Å². The van der Waals surface area contributed by atoms with Crippen LogP contribution in [0.5, 0.6) is 0 Å². The number of hydrogen-bond donors (Lipinski definition) is 1. The third kappa shape index (κ3) is 1.83. The second-order valence-electron chi connectivity index (χ2n) is 4.05. The summed E-state index contributed by atoms with van der Waals surface area (Å²) in [7, 11) is 0. The normalized spacial score (nSPS) is 10.6. The summed E-state index contributed by atoms with van der Waals surface area (Å²) in [5.41, 5.74) is -0.506. The maximum absolute atomic E-state index is 12.2. The molecule has 3 aromatic rings. The number of fused-ring (bicyclic) bond motifs is 1. The molecular weight excluding hydrogens is 260 g/mol. The van der Waals surface area contributed by atoms with Crippen molar-refractivity contribution in [3.8, 4) is 11.3 Å². The Kier molecular flexibility index (Phi) is 2.76. The molecule has 6 heteroatoms. The Bertz CT molecular complexity index is 856. The number of carboxylic acid groups (broad SMARTS) is 1. The summed E-state index contributed by atoms with van der Waals surface area (Å²) in [6.07, 6.45) is 2.48. The maximum atomic E-state index is 12.2. The van der Waals surface area contributed by atoms with Crippen LogP contribution in [0.4, 0.5) is 0 Å². The monoisotopic (exact) mass is 268 g/mol. The van der Waals surface area contributed by atoms with Gasteiger partial charge in [0.05, 0.1) is 0 Å². The average molecular weight is 268 g/mol. The van der Waals surface area contributed by atoms with Crippen molar-refractivity contribution in [1.82, 2.24) is 9.97 Å². The first-order chi connectivity index (χ1) is 9.68. The predicted molar refractivity (Wildman–Crippen MR) is 70.5 cm³/mol. The van der Waals surface area contributed by atoms with E-state index >= 15 is 0 Å². The molecule has 2 heterocycles. The van der Waals surface area contributed by atoms with Crippen LogP contribution in [0.25, 0.3) is 22.4 Å². The van der Waals surface area contributed by atoms with Crippen LogP contribution < -0.4 is 5.43 Å². The van der Waals surface area contributed by atoms with E-state index in [2.05, 4.69) is 9.97 Å². The zero-order valence-electron chi connectivity index (χ0n) is 10.1. The minimum Gasteiger partial charge on any atom is -0.477 e. The smallest absolute Gasteiger partial charge is 0.343 e. The van der Waals surface area contributed by atoms with Crippen LogP contribution in [0.3, 0.4) is 0 Å². The number of carboxylic acids is 1. The van der Waals surface area contributed by atoms with E-state index in [0.717, 1.165) is 0 Å². The molecule has 1 N–H and O–H groups in total. The van der Waals surface area contributed by atoms with Crippen LogP contribution in [0.15, 0.2) is 52.1 Å². The van der Waals surface area contributed by atoms with Gasteiger partial charge in [-0.3, -0.25) is 4.79 Å². The number of nitrogens with zero attached hydrogens (tertiary/aromatic N) is 2. The molecule has 1 aromatic carbocycles. The molecule has 3 rings (SSSR count). The lowest BCUT2D eigenvalue weighted by Gasteiger charge is -2.06. The fraction of sp³-hybridized carbons (Fsp3) is 0. The van der Waals surface area contributed by atoms with Crippen molar-refractivity contribution in [2.24, 2.45) is 0 Å². The largest absolute Gasteiger partial charge is 0.477 e. The van der Waals surface area contributed by atoms with Crippen molar-refractivity contribution in [1.29, 1.82) is 0 Å². The summed E-state index contributed by atoms with van der Waals surface area (Å²) < 4.78 is 5.49. The lowest BCUT2D eigenvalue weighted by molar-refractivity contribution is 0.0694. The summed E-state index contributed by atoms with van der Waals surface area (Å²) in [6, 6.07) is 8.57. The highest BCUT2D eigenvalue weighted by atomic mass is 16.4. The third-order valence-corrected chi connectivity index (χ3v) is 2.82. The SMILES string of the molecule is O=C(O)c1c(-c2ccccc2)oc2ncncc2c1=O. The lowest BCUT2D eigenvalue weighted by Crippen LogP contribution is -2.17. The number of aromatic nitrogens is 2.